The van der Waals surface area contributed by atoms with Crippen LogP contribution < -0.4 is 5.32 Å². The lowest BCUT2D eigenvalue weighted by atomic mass is 10.2. The van der Waals surface area contributed by atoms with Crippen LogP contribution in [0, 0.1) is 0 Å². The second-order valence-corrected chi connectivity index (χ2v) is 6.78. The molecule has 1 aromatic carbocycles. The Kier molecular flexibility index (Phi) is 9.60. The van der Waals surface area contributed by atoms with Crippen molar-refractivity contribution in [2.45, 2.75) is 44.6 Å². The van der Waals surface area contributed by atoms with Gasteiger partial charge in [-0.05, 0) is 51.5 Å². The zero-order valence-corrected chi connectivity index (χ0v) is 15.3. The molecular formula is C17H27ClN2OS. The molecule has 22 heavy (non-hydrogen) atoms. The number of benzene rings is 1. The molecule has 1 atom stereocenters. The quantitative estimate of drug-likeness (QED) is 0.651. The minimum absolute atomic E-state index is 0.0697. The smallest absolute Gasteiger partial charge is 0.230 e. The highest BCUT2D eigenvalue weighted by atomic mass is 35.5. The third-order valence-electron chi connectivity index (χ3n) is 3.61. The predicted octanol–water partition coefficient (Wildman–Crippen LogP) is 4.06. The molecule has 0 radical (unpaired) electrons. The summed E-state index contributed by atoms with van der Waals surface area (Å²) in [5, 5.41) is 3.76. The summed E-state index contributed by atoms with van der Waals surface area (Å²) in [5.74, 6) is 0.477. The monoisotopic (exact) mass is 342 g/mol. The van der Waals surface area contributed by atoms with Crippen molar-refractivity contribution >= 4 is 29.3 Å². The summed E-state index contributed by atoms with van der Waals surface area (Å²) in [6, 6.07) is 7.83. The maximum Gasteiger partial charge on any atom is 0.230 e. The van der Waals surface area contributed by atoms with Gasteiger partial charge in [-0.15, -0.1) is 11.8 Å². The average molecular weight is 343 g/mol. The highest BCUT2D eigenvalue weighted by molar-refractivity contribution is 8.00. The van der Waals surface area contributed by atoms with Gasteiger partial charge in [0.25, 0.3) is 0 Å². The van der Waals surface area contributed by atoms with Crippen LogP contribution >= 0.6 is 23.4 Å². The van der Waals surface area contributed by atoms with Crippen molar-refractivity contribution in [3.05, 3.63) is 29.3 Å². The van der Waals surface area contributed by atoms with Gasteiger partial charge >= 0.3 is 0 Å². The fourth-order valence-electron chi connectivity index (χ4n) is 2.25. The van der Waals surface area contributed by atoms with Gasteiger partial charge in [0.1, 0.15) is 0 Å². The Hall–Kier alpha value is -0.710. The third-order valence-corrected chi connectivity index (χ3v) is 5.12. The molecule has 1 N–H and O–H groups in total. The first kappa shape index (κ1) is 19.3. The van der Waals surface area contributed by atoms with Gasteiger partial charge < -0.3 is 10.2 Å². The Labute approximate surface area is 143 Å². The zero-order valence-electron chi connectivity index (χ0n) is 13.8. The van der Waals surface area contributed by atoms with E-state index in [4.69, 9.17) is 11.6 Å². The van der Waals surface area contributed by atoms with E-state index < -0.39 is 0 Å². The molecule has 3 nitrogen and oxygen atoms in total. The van der Waals surface area contributed by atoms with E-state index >= 15 is 0 Å². The number of thioether (sulfide) groups is 1. The van der Waals surface area contributed by atoms with Crippen molar-refractivity contribution in [1.29, 1.82) is 0 Å². The SMILES string of the molecule is CCN(CC)CCCC(C)NC(=O)CSc1ccccc1Cl. The summed E-state index contributed by atoms with van der Waals surface area (Å²) in [6.07, 6.45) is 2.12. The second kappa shape index (κ2) is 10.9. The van der Waals surface area contributed by atoms with Crippen molar-refractivity contribution in [3.63, 3.8) is 0 Å². The summed E-state index contributed by atoms with van der Waals surface area (Å²) in [5.41, 5.74) is 0. The maximum atomic E-state index is 12.0. The summed E-state index contributed by atoms with van der Waals surface area (Å²) in [7, 11) is 0. The van der Waals surface area contributed by atoms with Crippen LogP contribution in [0.1, 0.15) is 33.6 Å². The van der Waals surface area contributed by atoms with Gasteiger partial charge in [0.05, 0.1) is 10.8 Å². The van der Waals surface area contributed by atoms with E-state index in [0.29, 0.717) is 10.8 Å². The Morgan fingerprint density at radius 3 is 2.64 bits per heavy atom. The second-order valence-electron chi connectivity index (χ2n) is 5.36. The first-order valence-corrected chi connectivity index (χ1v) is 9.32. The number of hydrogen-bond donors (Lipinski definition) is 1. The van der Waals surface area contributed by atoms with E-state index in [9.17, 15) is 4.79 Å². The third kappa shape index (κ3) is 7.52. The molecule has 0 saturated carbocycles. The molecule has 0 heterocycles. The normalized spacial score (nSPS) is 12.4. The lowest BCUT2D eigenvalue weighted by Gasteiger charge is -2.19. The number of carbonyl (C=O) groups is 1. The highest BCUT2D eigenvalue weighted by Gasteiger charge is 2.09. The first-order valence-electron chi connectivity index (χ1n) is 7.95. The fraction of sp³-hybridized carbons (Fsp3) is 0.588. The Bertz CT molecular complexity index is 452. The van der Waals surface area contributed by atoms with Crippen LogP contribution in [-0.2, 0) is 4.79 Å². The highest BCUT2D eigenvalue weighted by Crippen LogP contribution is 2.26. The van der Waals surface area contributed by atoms with Crippen molar-refractivity contribution in [2.24, 2.45) is 0 Å². The first-order chi connectivity index (χ1) is 10.6. The van der Waals surface area contributed by atoms with Gasteiger partial charge in [0.2, 0.25) is 5.91 Å². The average Bonchev–Trinajstić information content (AvgIpc) is 2.51. The number of nitrogens with one attached hydrogen (secondary N) is 1. The number of amides is 1. The molecule has 0 saturated heterocycles. The van der Waals surface area contributed by atoms with Crippen LogP contribution in [0.3, 0.4) is 0 Å². The van der Waals surface area contributed by atoms with Gasteiger partial charge in [0.15, 0.2) is 0 Å². The molecule has 0 bridgehead atoms. The molecule has 1 aromatic rings. The standard InChI is InChI=1S/C17H27ClN2OS/c1-4-20(5-2)12-8-9-14(3)19-17(21)13-22-16-11-7-6-10-15(16)18/h6-7,10-11,14H,4-5,8-9,12-13H2,1-3H3,(H,19,21). The van der Waals surface area contributed by atoms with Crippen molar-refractivity contribution in [1.82, 2.24) is 10.2 Å². The van der Waals surface area contributed by atoms with Gasteiger partial charge in [-0.1, -0.05) is 37.6 Å². The molecule has 0 aliphatic carbocycles. The summed E-state index contributed by atoms with van der Waals surface area (Å²) < 4.78 is 0. The van der Waals surface area contributed by atoms with Crippen LogP contribution in [0.4, 0.5) is 0 Å². The number of rotatable bonds is 10. The van der Waals surface area contributed by atoms with Crippen molar-refractivity contribution in [3.8, 4) is 0 Å². The molecule has 1 unspecified atom stereocenters. The van der Waals surface area contributed by atoms with Crippen molar-refractivity contribution in [2.75, 3.05) is 25.4 Å². The fourth-order valence-corrected chi connectivity index (χ4v) is 3.30. The molecule has 0 aromatic heterocycles. The van der Waals surface area contributed by atoms with E-state index in [2.05, 4.69) is 31.0 Å². The number of halogens is 1. The molecule has 0 fully saturated rings. The van der Waals surface area contributed by atoms with Crippen LogP contribution in [0.5, 0.6) is 0 Å². The molecule has 0 aliphatic heterocycles. The van der Waals surface area contributed by atoms with Gasteiger partial charge in [-0.25, -0.2) is 0 Å². The lowest BCUT2D eigenvalue weighted by Crippen LogP contribution is -2.34. The van der Waals surface area contributed by atoms with Crippen LogP contribution in [0.25, 0.3) is 0 Å². The summed E-state index contributed by atoms with van der Waals surface area (Å²) >= 11 is 7.56. The Morgan fingerprint density at radius 2 is 2.00 bits per heavy atom. The van der Waals surface area contributed by atoms with Crippen LogP contribution in [0.2, 0.25) is 5.02 Å². The largest absolute Gasteiger partial charge is 0.353 e. The molecule has 1 rings (SSSR count). The molecule has 0 aliphatic rings. The van der Waals surface area contributed by atoms with E-state index in [1.54, 1.807) is 0 Å². The number of hydrogen-bond acceptors (Lipinski definition) is 3. The summed E-state index contributed by atoms with van der Waals surface area (Å²) in [4.78, 5) is 15.3. The topological polar surface area (TPSA) is 32.3 Å². The predicted molar refractivity (Wildman–Crippen MR) is 96.8 cm³/mol. The lowest BCUT2D eigenvalue weighted by molar-refractivity contribution is -0.119. The summed E-state index contributed by atoms with van der Waals surface area (Å²) in [6.45, 7) is 9.71. The van der Waals surface area contributed by atoms with Crippen molar-refractivity contribution < 1.29 is 4.79 Å². The molecule has 1 amide bonds. The van der Waals surface area contributed by atoms with E-state index in [0.717, 1.165) is 37.4 Å². The van der Waals surface area contributed by atoms with Gasteiger partial charge in [-0.2, -0.15) is 0 Å². The van der Waals surface area contributed by atoms with Gasteiger partial charge in [0, 0.05) is 10.9 Å². The Balaban J connectivity index is 2.22. The zero-order chi connectivity index (χ0) is 16.4. The number of carbonyl (C=O) groups excluding carboxylic acids is 1. The molecule has 124 valence electrons. The molecule has 0 spiro atoms. The van der Waals surface area contributed by atoms with Crippen LogP contribution in [0.15, 0.2) is 29.2 Å². The number of nitrogens with zero attached hydrogens (tertiary/aromatic N) is 1. The Morgan fingerprint density at radius 1 is 1.32 bits per heavy atom. The minimum atomic E-state index is 0.0697. The molecular weight excluding hydrogens is 316 g/mol. The van der Waals surface area contributed by atoms with E-state index in [1.807, 2.05) is 24.3 Å². The minimum Gasteiger partial charge on any atom is -0.353 e. The van der Waals surface area contributed by atoms with E-state index in [-0.39, 0.29) is 11.9 Å². The molecule has 5 heteroatoms. The maximum absolute atomic E-state index is 12.0. The van der Waals surface area contributed by atoms with Gasteiger partial charge in [-0.3, -0.25) is 4.79 Å². The van der Waals surface area contributed by atoms with E-state index in [1.165, 1.54) is 11.8 Å². The van der Waals surface area contributed by atoms with Crippen LogP contribution in [-0.4, -0.2) is 42.2 Å².